The number of aliphatic imine (C=N–C) groups is 1. The Morgan fingerprint density at radius 2 is 1.78 bits per heavy atom. The van der Waals surface area contributed by atoms with Crippen LogP contribution < -0.4 is 10.6 Å². The van der Waals surface area contributed by atoms with Crippen LogP contribution in [0.3, 0.4) is 0 Å². The molecule has 0 spiro atoms. The van der Waals surface area contributed by atoms with Gasteiger partial charge in [-0.2, -0.15) is 0 Å². The summed E-state index contributed by atoms with van der Waals surface area (Å²) in [4.78, 5) is 33.2. The minimum Gasteiger partial charge on any atom is -0.356 e. The lowest BCUT2D eigenvalue weighted by Crippen LogP contribution is -2.51. The average molecular weight is 376 g/mol. The number of amides is 2. The van der Waals surface area contributed by atoms with E-state index in [1.54, 1.807) is 7.05 Å². The number of hydrogen-bond donors (Lipinski definition) is 2. The third-order valence-electron chi connectivity index (χ3n) is 6.54. The molecule has 2 N–H and O–H groups in total. The van der Waals surface area contributed by atoms with E-state index in [0.29, 0.717) is 13.1 Å². The molecule has 2 aliphatic carbocycles. The largest absolute Gasteiger partial charge is 0.356 e. The summed E-state index contributed by atoms with van der Waals surface area (Å²) in [5.41, 5.74) is 0.0111. The van der Waals surface area contributed by atoms with Gasteiger partial charge >= 0.3 is 0 Å². The molecule has 7 nitrogen and oxygen atoms in total. The molecule has 7 heteroatoms. The molecule has 27 heavy (non-hydrogen) atoms. The molecule has 2 amide bonds. The SMILES string of the molecule is CN=C(NCCCN1C(=O)C2C3C=CC(C3)C2C1=O)NCC(C)(C)N(C)C. The summed E-state index contributed by atoms with van der Waals surface area (Å²) in [7, 11) is 5.85. The molecular formula is C20H33N5O2. The van der Waals surface area contributed by atoms with Crippen molar-refractivity contribution >= 4 is 17.8 Å². The Bertz CT molecular complexity index is 625. The summed E-state index contributed by atoms with van der Waals surface area (Å²) in [5, 5.41) is 6.60. The molecule has 1 saturated heterocycles. The third-order valence-corrected chi connectivity index (χ3v) is 6.54. The molecule has 1 aliphatic heterocycles. The second-order valence-corrected chi connectivity index (χ2v) is 8.74. The van der Waals surface area contributed by atoms with Gasteiger partial charge in [-0.05, 0) is 52.6 Å². The molecule has 2 fully saturated rings. The van der Waals surface area contributed by atoms with Gasteiger partial charge in [0.1, 0.15) is 0 Å². The number of likely N-dealkylation sites (N-methyl/N-ethyl adjacent to an activating group) is 1. The number of rotatable bonds is 7. The lowest BCUT2D eigenvalue weighted by Gasteiger charge is -2.33. The number of carbonyl (C=O) groups is 2. The monoisotopic (exact) mass is 375 g/mol. The van der Waals surface area contributed by atoms with Gasteiger partial charge in [-0.1, -0.05) is 12.2 Å². The Balaban J connectivity index is 1.42. The van der Waals surface area contributed by atoms with Crippen molar-refractivity contribution in [3.63, 3.8) is 0 Å². The molecule has 4 atom stereocenters. The summed E-state index contributed by atoms with van der Waals surface area (Å²) < 4.78 is 0. The number of imide groups is 1. The highest BCUT2D eigenvalue weighted by atomic mass is 16.2. The zero-order valence-electron chi connectivity index (χ0n) is 17.2. The van der Waals surface area contributed by atoms with E-state index in [2.05, 4.69) is 60.6 Å². The van der Waals surface area contributed by atoms with Crippen LogP contribution in [0.15, 0.2) is 17.1 Å². The van der Waals surface area contributed by atoms with Crippen LogP contribution in [0.25, 0.3) is 0 Å². The van der Waals surface area contributed by atoms with Crippen LogP contribution >= 0.6 is 0 Å². The van der Waals surface area contributed by atoms with Gasteiger partial charge in [-0.15, -0.1) is 0 Å². The van der Waals surface area contributed by atoms with Gasteiger partial charge in [-0.25, -0.2) is 0 Å². The minimum atomic E-state index is -0.0943. The lowest BCUT2D eigenvalue weighted by molar-refractivity contribution is -0.140. The third kappa shape index (κ3) is 3.74. The Labute approximate surface area is 162 Å². The first-order chi connectivity index (χ1) is 12.8. The number of nitrogens with zero attached hydrogens (tertiary/aromatic N) is 3. The quantitative estimate of drug-likeness (QED) is 0.225. The molecule has 3 rings (SSSR count). The van der Waals surface area contributed by atoms with Crippen LogP contribution in [-0.4, -0.2) is 73.9 Å². The fraction of sp³-hybridized carbons (Fsp3) is 0.750. The summed E-state index contributed by atoms with van der Waals surface area (Å²) in [6.45, 7) is 6.24. The highest BCUT2D eigenvalue weighted by molar-refractivity contribution is 6.06. The van der Waals surface area contributed by atoms with E-state index in [1.165, 1.54) is 4.90 Å². The van der Waals surface area contributed by atoms with E-state index in [4.69, 9.17) is 0 Å². The maximum atomic E-state index is 12.7. The van der Waals surface area contributed by atoms with E-state index < -0.39 is 0 Å². The van der Waals surface area contributed by atoms with Crippen molar-refractivity contribution in [3.05, 3.63) is 12.2 Å². The van der Waals surface area contributed by atoms with Crippen LogP contribution in [0.1, 0.15) is 26.7 Å². The summed E-state index contributed by atoms with van der Waals surface area (Å²) in [5.74, 6) is 1.19. The summed E-state index contributed by atoms with van der Waals surface area (Å²) in [6.07, 6.45) is 5.96. The van der Waals surface area contributed by atoms with E-state index in [-0.39, 0.29) is 41.0 Å². The van der Waals surface area contributed by atoms with E-state index in [0.717, 1.165) is 25.3 Å². The van der Waals surface area contributed by atoms with Gasteiger partial charge in [0.15, 0.2) is 5.96 Å². The Kier molecular flexibility index (Phi) is 5.60. The Hall–Kier alpha value is -1.89. The van der Waals surface area contributed by atoms with Crippen molar-refractivity contribution in [1.82, 2.24) is 20.4 Å². The predicted molar refractivity (Wildman–Crippen MR) is 106 cm³/mol. The fourth-order valence-corrected chi connectivity index (χ4v) is 4.31. The van der Waals surface area contributed by atoms with Crippen LogP contribution in [0.2, 0.25) is 0 Å². The Morgan fingerprint density at radius 3 is 2.30 bits per heavy atom. The average Bonchev–Trinajstić information content (AvgIpc) is 3.29. The molecule has 3 aliphatic rings. The maximum absolute atomic E-state index is 12.7. The Morgan fingerprint density at radius 1 is 1.19 bits per heavy atom. The number of guanidine groups is 1. The highest BCUT2D eigenvalue weighted by Gasteiger charge is 2.58. The van der Waals surface area contributed by atoms with Crippen molar-refractivity contribution in [2.24, 2.45) is 28.7 Å². The maximum Gasteiger partial charge on any atom is 0.233 e. The zero-order chi connectivity index (χ0) is 19.8. The minimum absolute atomic E-state index is 0.0111. The molecule has 0 aromatic rings. The fourth-order valence-electron chi connectivity index (χ4n) is 4.31. The first-order valence-corrected chi connectivity index (χ1v) is 9.92. The standard InChI is InChI=1S/C20H33N5O2/c1-20(2,24(4)5)12-23-19(21-3)22-9-6-10-25-17(26)15-13-7-8-14(11-13)16(15)18(25)27/h7-8,13-16H,6,9-12H2,1-5H3,(H2,21,22,23). The topological polar surface area (TPSA) is 77.0 Å². The first-order valence-electron chi connectivity index (χ1n) is 9.92. The molecule has 0 radical (unpaired) electrons. The van der Waals surface area contributed by atoms with Crippen LogP contribution in [-0.2, 0) is 9.59 Å². The van der Waals surface area contributed by atoms with E-state index >= 15 is 0 Å². The molecular weight excluding hydrogens is 342 g/mol. The van der Waals surface area contributed by atoms with Gasteiger partial charge < -0.3 is 15.5 Å². The number of carbonyl (C=O) groups excluding carboxylic acids is 2. The predicted octanol–water partition coefficient (Wildman–Crippen LogP) is 0.689. The van der Waals surface area contributed by atoms with Gasteiger partial charge in [0.25, 0.3) is 0 Å². The highest BCUT2D eigenvalue weighted by Crippen LogP contribution is 2.52. The normalized spacial score (nSPS) is 29.9. The molecule has 0 aromatic heterocycles. The van der Waals surface area contributed by atoms with Crippen molar-refractivity contribution in [1.29, 1.82) is 0 Å². The molecule has 0 aromatic carbocycles. The molecule has 1 saturated carbocycles. The van der Waals surface area contributed by atoms with Crippen molar-refractivity contribution in [3.8, 4) is 0 Å². The molecule has 1 heterocycles. The zero-order valence-corrected chi connectivity index (χ0v) is 17.2. The number of hydrogen-bond acceptors (Lipinski definition) is 4. The van der Waals surface area contributed by atoms with Crippen LogP contribution in [0.4, 0.5) is 0 Å². The van der Waals surface area contributed by atoms with E-state index in [1.807, 2.05) is 0 Å². The van der Waals surface area contributed by atoms with Crippen LogP contribution in [0.5, 0.6) is 0 Å². The summed E-state index contributed by atoms with van der Waals surface area (Å²) >= 11 is 0. The smallest absolute Gasteiger partial charge is 0.233 e. The number of fused-ring (bicyclic) bond motifs is 5. The lowest BCUT2D eigenvalue weighted by atomic mass is 9.85. The van der Waals surface area contributed by atoms with Gasteiger partial charge in [-0.3, -0.25) is 19.5 Å². The number of likely N-dealkylation sites (tertiary alicyclic amines) is 1. The van der Waals surface area contributed by atoms with Crippen LogP contribution in [0, 0.1) is 23.7 Å². The number of nitrogens with one attached hydrogen (secondary N) is 2. The first kappa shape index (κ1) is 19.9. The molecule has 150 valence electrons. The van der Waals surface area contributed by atoms with E-state index in [9.17, 15) is 9.59 Å². The van der Waals surface area contributed by atoms with Crippen molar-refractivity contribution in [2.45, 2.75) is 32.2 Å². The van der Waals surface area contributed by atoms with Gasteiger partial charge in [0, 0.05) is 32.2 Å². The van der Waals surface area contributed by atoms with Gasteiger partial charge in [0.05, 0.1) is 11.8 Å². The molecule has 4 unspecified atom stereocenters. The second-order valence-electron chi connectivity index (χ2n) is 8.74. The van der Waals surface area contributed by atoms with Crippen molar-refractivity contribution in [2.75, 3.05) is 40.8 Å². The van der Waals surface area contributed by atoms with Crippen molar-refractivity contribution < 1.29 is 9.59 Å². The summed E-state index contributed by atoms with van der Waals surface area (Å²) in [6, 6.07) is 0. The van der Waals surface area contributed by atoms with Gasteiger partial charge in [0.2, 0.25) is 11.8 Å². The second kappa shape index (κ2) is 7.62. The molecule has 2 bridgehead atoms. The number of allylic oxidation sites excluding steroid dienone is 2.